The first-order valence-electron chi connectivity index (χ1n) is 6.23. The zero-order valence-corrected chi connectivity index (χ0v) is 13.4. The number of rotatable bonds is 5. The second-order valence-corrected chi connectivity index (χ2v) is 6.79. The van der Waals surface area contributed by atoms with Gasteiger partial charge in [0.2, 0.25) is 0 Å². The van der Waals surface area contributed by atoms with E-state index >= 15 is 0 Å². The van der Waals surface area contributed by atoms with Crippen LogP contribution in [0.25, 0.3) is 0 Å². The number of nitro benzene ring substituents is 2. The molecular formula is C14H12N2O4S2. The van der Waals surface area contributed by atoms with Gasteiger partial charge in [0.15, 0.2) is 0 Å². The Balaban J connectivity index is 2.23. The smallest absolute Gasteiger partial charge is 0.258 e. The van der Waals surface area contributed by atoms with E-state index in [1.165, 1.54) is 45.9 Å². The number of nitro groups is 2. The fraction of sp³-hybridized carbons (Fsp3) is 0.143. The van der Waals surface area contributed by atoms with E-state index in [4.69, 9.17) is 0 Å². The zero-order valence-electron chi connectivity index (χ0n) is 11.8. The van der Waals surface area contributed by atoms with Crippen molar-refractivity contribution in [1.82, 2.24) is 0 Å². The van der Waals surface area contributed by atoms with Crippen LogP contribution in [-0.2, 0) is 0 Å². The molecule has 22 heavy (non-hydrogen) atoms. The Bertz CT molecular complexity index is 686. The summed E-state index contributed by atoms with van der Waals surface area (Å²) in [7, 11) is 2.71. The number of benzene rings is 2. The number of hydrogen-bond donors (Lipinski definition) is 0. The minimum Gasteiger partial charge on any atom is -0.258 e. The van der Waals surface area contributed by atoms with Crippen molar-refractivity contribution in [2.24, 2.45) is 0 Å². The number of hydrogen-bond acceptors (Lipinski definition) is 6. The minimum absolute atomic E-state index is 0.0319. The van der Waals surface area contributed by atoms with Crippen LogP contribution in [0.5, 0.6) is 0 Å². The lowest BCUT2D eigenvalue weighted by atomic mass is 10.2. The van der Waals surface area contributed by atoms with E-state index in [0.717, 1.165) is 20.9 Å². The van der Waals surface area contributed by atoms with Gasteiger partial charge in [0.25, 0.3) is 11.4 Å². The Labute approximate surface area is 134 Å². The SMILES string of the molecule is Cc1ccc([N+](=O)[O-])cc1SSc1cc([N+](=O)[O-])ccc1C. The molecule has 0 saturated carbocycles. The Morgan fingerprint density at radius 1 is 0.773 bits per heavy atom. The highest BCUT2D eigenvalue weighted by Gasteiger charge is 2.13. The van der Waals surface area contributed by atoms with Crippen LogP contribution in [0.2, 0.25) is 0 Å². The third-order valence-corrected chi connectivity index (χ3v) is 5.64. The van der Waals surface area contributed by atoms with Gasteiger partial charge < -0.3 is 0 Å². The maximum atomic E-state index is 10.8. The van der Waals surface area contributed by atoms with Crippen molar-refractivity contribution in [2.45, 2.75) is 23.6 Å². The maximum absolute atomic E-state index is 10.8. The summed E-state index contributed by atoms with van der Waals surface area (Å²) in [6.45, 7) is 3.74. The second-order valence-electron chi connectivity index (χ2n) is 4.58. The summed E-state index contributed by atoms with van der Waals surface area (Å²) in [6.07, 6.45) is 0. The zero-order chi connectivity index (χ0) is 16.3. The van der Waals surface area contributed by atoms with Gasteiger partial charge in [-0.25, -0.2) is 0 Å². The quantitative estimate of drug-likeness (QED) is 0.437. The number of aryl methyl sites for hydroxylation is 2. The highest BCUT2D eigenvalue weighted by molar-refractivity contribution is 8.76. The molecule has 0 fully saturated rings. The Morgan fingerprint density at radius 3 is 1.45 bits per heavy atom. The van der Waals surface area contributed by atoms with Crippen LogP contribution < -0.4 is 0 Å². The summed E-state index contributed by atoms with van der Waals surface area (Å²) in [6, 6.07) is 9.34. The highest BCUT2D eigenvalue weighted by Crippen LogP contribution is 2.42. The van der Waals surface area contributed by atoms with E-state index in [0.29, 0.717) is 0 Å². The van der Waals surface area contributed by atoms with Crippen molar-refractivity contribution in [2.75, 3.05) is 0 Å². The second kappa shape index (κ2) is 6.80. The summed E-state index contributed by atoms with van der Waals surface area (Å²) >= 11 is 0. The van der Waals surface area contributed by atoms with E-state index in [2.05, 4.69) is 0 Å². The van der Waals surface area contributed by atoms with Gasteiger partial charge in [-0.1, -0.05) is 33.7 Å². The van der Waals surface area contributed by atoms with Crippen molar-refractivity contribution >= 4 is 33.0 Å². The number of non-ortho nitro benzene ring substituents is 2. The summed E-state index contributed by atoms with van der Waals surface area (Å²) in [5.74, 6) is 0. The van der Waals surface area contributed by atoms with Crippen molar-refractivity contribution in [3.63, 3.8) is 0 Å². The molecule has 0 aromatic heterocycles. The third kappa shape index (κ3) is 3.77. The van der Waals surface area contributed by atoms with Gasteiger partial charge in [0.1, 0.15) is 0 Å². The van der Waals surface area contributed by atoms with Gasteiger partial charge in [-0.15, -0.1) is 0 Å². The van der Waals surface area contributed by atoms with Gasteiger partial charge in [-0.3, -0.25) is 20.2 Å². The molecule has 0 aliphatic rings. The van der Waals surface area contributed by atoms with Crippen LogP contribution in [0, 0.1) is 34.1 Å². The predicted molar refractivity (Wildman–Crippen MR) is 87.4 cm³/mol. The molecule has 0 N–H and O–H groups in total. The maximum Gasteiger partial charge on any atom is 0.270 e. The van der Waals surface area contributed by atoms with Gasteiger partial charge in [0.05, 0.1) is 9.85 Å². The largest absolute Gasteiger partial charge is 0.270 e. The first-order valence-corrected chi connectivity index (χ1v) is 8.38. The molecule has 0 radical (unpaired) electrons. The third-order valence-electron chi connectivity index (χ3n) is 2.99. The van der Waals surface area contributed by atoms with Crippen molar-refractivity contribution < 1.29 is 9.85 Å². The average molecular weight is 336 g/mol. The van der Waals surface area contributed by atoms with E-state index in [9.17, 15) is 20.2 Å². The molecular weight excluding hydrogens is 324 g/mol. The first kappa shape index (κ1) is 16.3. The molecule has 0 atom stereocenters. The molecule has 0 aliphatic heterocycles. The lowest BCUT2D eigenvalue weighted by Gasteiger charge is -2.07. The van der Waals surface area contributed by atoms with Gasteiger partial charge in [-0.05, 0) is 25.0 Å². The van der Waals surface area contributed by atoms with Gasteiger partial charge >= 0.3 is 0 Å². The first-order chi connectivity index (χ1) is 10.4. The van der Waals surface area contributed by atoms with E-state index in [-0.39, 0.29) is 11.4 Å². The summed E-state index contributed by atoms with van der Waals surface area (Å²) < 4.78 is 0. The molecule has 0 bridgehead atoms. The normalized spacial score (nSPS) is 10.5. The molecule has 2 aromatic rings. The minimum atomic E-state index is -0.438. The van der Waals surface area contributed by atoms with Gasteiger partial charge in [0, 0.05) is 34.1 Å². The standard InChI is InChI=1S/C14H12N2O4S2/c1-9-3-5-11(15(17)18)7-13(9)21-22-14-8-12(16(19)20)6-4-10(14)2/h3-8H,1-2H3. The molecule has 0 heterocycles. The molecule has 2 aromatic carbocycles. The molecule has 8 heteroatoms. The summed E-state index contributed by atoms with van der Waals surface area (Å²) in [5.41, 5.74) is 1.91. The lowest BCUT2D eigenvalue weighted by molar-refractivity contribution is -0.385. The van der Waals surface area contributed by atoms with Crippen LogP contribution in [0.15, 0.2) is 46.2 Å². The van der Waals surface area contributed by atoms with E-state index < -0.39 is 9.85 Å². The fourth-order valence-corrected chi connectivity index (χ4v) is 4.21. The van der Waals surface area contributed by atoms with E-state index in [1.54, 1.807) is 12.1 Å². The molecule has 0 aliphatic carbocycles. The summed E-state index contributed by atoms with van der Waals surface area (Å²) in [5, 5.41) is 21.7. The number of nitrogens with zero attached hydrogens (tertiary/aromatic N) is 2. The van der Waals surface area contributed by atoms with Crippen molar-refractivity contribution in [1.29, 1.82) is 0 Å². The van der Waals surface area contributed by atoms with Crippen molar-refractivity contribution in [3.8, 4) is 0 Å². The summed E-state index contributed by atoms with van der Waals surface area (Å²) in [4.78, 5) is 22.3. The van der Waals surface area contributed by atoms with Crippen LogP contribution in [0.3, 0.4) is 0 Å². The predicted octanol–water partition coefficient (Wildman–Crippen LogP) is 4.92. The van der Waals surface area contributed by atoms with Crippen LogP contribution >= 0.6 is 21.6 Å². The van der Waals surface area contributed by atoms with Crippen LogP contribution in [-0.4, -0.2) is 9.85 Å². The molecule has 114 valence electrons. The molecule has 0 spiro atoms. The fourth-order valence-electron chi connectivity index (χ4n) is 1.67. The molecule has 0 saturated heterocycles. The average Bonchev–Trinajstić information content (AvgIpc) is 2.47. The van der Waals surface area contributed by atoms with Crippen LogP contribution in [0.4, 0.5) is 11.4 Å². The van der Waals surface area contributed by atoms with Crippen LogP contribution in [0.1, 0.15) is 11.1 Å². The Hall–Kier alpha value is -2.06. The monoisotopic (exact) mass is 336 g/mol. The highest BCUT2D eigenvalue weighted by atomic mass is 33.1. The Morgan fingerprint density at radius 2 is 1.14 bits per heavy atom. The van der Waals surface area contributed by atoms with E-state index in [1.807, 2.05) is 13.8 Å². The van der Waals surface area contributed by atoms with Gasteiger partial charge in [-0.2, -0.15) is 0 Å². The molecule has 0 amide bonds. The molecule has 0 unspecified atom stereocenters. The topological polar surface area (TPSA) is 86.3 Å². The Kier molecular flexibility index (Phi) is 5.04. The molecule has 2 rings (SSSR count). The lowest BCUT2D eigenvalue weighted by Crippen LogP contribution is -1.90. The molecule has 6 nitrogen and oxygen atoms in total. The van der Waals surface area contributed by atoms with Crippen molar-refractivity contribution in [3.05, 3.63) is 67.8 Å².